The van der Waals surface area contributed by atoms with Gasteiger partial charge in [0.2, 0.25) is 0 Å². The molecule has 0 bridgehead atoms. The van der Waals surface area contributed by atoms with Gasteiger partial charge in [-0.1, -0.05) is 19.1 Å². The number of hydrogen-bond acceptors (Lipinski definition) is 3. The van der Waals surface area contributed by atoms with E-state index in [1.54, 1.807) is 0 Å². The average Bonchev–Trinajstić information content (AvgIpc) is 2.37. The first-order valence-corrected chi connectivity index (χ1v) is 6.87. The smallest absolute Gasteiger partial charge is 0.0593 e. The van der Waals surface area contributed by atoms with Gasteiger partial charge in [0.05, 0.1) is 6.61 Å². The van der Waals surface area contributed by atoms with Crippen molar-refractivity contribution >= 4 is 5.69 Å². The van der Waals surface area contributed by atoms with Gasteiger partial charge in [0.15, 0.2) is 0 Å². The summed E-state index contributed by atoms with van der Waals surface area (Å²) in [6.45, 7) is 12.1. The highest BCUT2D eigenvalue weighted by molar-refractivity contribution is 5.45. The van der Waals surface area contributed by atoms with Gasteiger partial charge in [-0.15, -0.1) is 0 Å². The Balaban J connectivity index is 2.22. The molecule has 1 aromatic carbocycles. The SMILES string of the molecule is CCOCCN(CC)CCNc1cccc(C)c1. The van der Waals surface area contributed by atoms with Crippen molar-refractivity contribution < 1.29 is 4.74 Å². The molecule has 0 aliphatic heterocycles. The van der Waals surface area contributed by atoms with Crippen molar-refractivity contribution in [2.24, 2.45) is 0 Å². The molecular weight excluding hydrogens is 224 g/mol. The summed E-state index contributed by atoms with van der Waals surface area (Å²) in [4.78, 5) is 2.40. The van der Waals surface area contributed by atoms with Gasteiger partial charge in [0.1, 0.15) is 0 Å². The van der Waals surface area contributed by atoms with Crippen molar-refractivity contribution in [3.8, 4) is 0 Å². The van der Waals surface area contributed by atoms with Crippen LogP contribution in [0.25, 0.3) is 0 Å². The van der Waals surface area contributed by atoms with E-state index in [2.05, 4.69) is 48.3 Å². The molecule has 0 amide bonds. The van der Waals surface area contributed by atoms with Crippen molar-refractivity contribution in [3.63, 3.8) is 0 Å². The maximum absolute atomic E-state index is 5.38. The summed E-state index contributed by atoms with van der Waals surface area (Å²) in [5.74, 6) is 0. The number of ether oxygens (including phenoxy) is 1. The monoisotopic (exact) mass is 250 g/mol. The molecule has 1 aromatic rings. The Morgan fingerprint density at radius 2 is 2.06 bits per heavy atom. The van der Waals surface area contributed by atoms with Crippen LogP contribution in [0.4, 0.5) is 5.69 Å². The van der Waals surface area contributed by atoms with E-state index in [1.807, 2.05) is 6.92 Å². The van der Waals surface area contributed by atoms with Gasteiger partial charge < -0.3 is 10.1 Å². The van der Waals surface area contributed by atoms with E-state index in [9.17, 15) is 0 Å². The molecule has 0 aliphatic rings. The molecule has 0 spiro atoms. The van der Waals surface area contributed by atoms with E-state index in [0.29, 0.717) is 0 Å². The lowest BCUT2D eigenvalue weighted by atomic mass is 10.2. The number of nitrogens with one attached hydrogen (secondary N) is 1. The van der Waals surface area contributed by atoms with Gasteiger partial charge in [-0.2, -0.15) is 0 Å². The predicted octanol–water partition coefficient (Wildman–Crippen LogP) is 2.77. The second-order valence-corrected chi connectivity index (χ2v) is 4.43. The van der Waals surface area contributed by atoms with Crippen molar-refractivity contribution in [1.82, 2.24) is 4.90 Å². The zero-order valence-electron chi connectivity index (χ0n) is 11.9. The molecule has 0 aromatic heterocycles. The Kier molecular flexibility index (Phi) is 7.46. The first kappa shape index (κ1) is 15.0. The van der Waals surface area contributed by atoms with Crippen LogP contribution in [0.2, 0.25) is 0 Å². The topological polar surface area (TPSA) is 24.5 Å². The summed E-state index contributed by atoms with van der Waals surface area (Å²) >= 11 is 0. The van der Waals surface area contributed by atoms with Gasteiger partial charge in [-0.05, 0) is 38.1 Å². The molecule has 3 nitrogen and oxygen atoms in total. The van der Waals surface area contributed by atoms with Crippen molar-refractivity contribution in [3.05, 3.63) is 29.8 Å². The van der Waals surface area contributed by atoms with Crippen LogP contribution in [-0.4, -0.2) is 44.3 Å². The Morgan fingerprint density at radius 3 is 2.72 bits per heavy atom. The number of hydrogen-bond donors (Lipinski definition) is 1. The lowest BCUT2D eigenvalue weighted by Crippen LogP contribution is -2.32. The van der Waals surface area contributed by atoms with Gasteiger partial charge in [-0.3, -0.25) is 4.90 Å². The minimum atomic E-state index is 0.805. The maximum Gasteiger partial charge on any atom is 0.0593 e. The molecule has 1 N–H and O–H groups in total. The van der Waals surface area contributed by atoms with Crippen LogP contribution in [0.1, 0.15) is 19.4 Å². The first-order chi connectivity index (χ1) is 8.76. The Morgan fingerprint density at radius 1 is 1.22 bits per heavy atom. The fraction of sp³-hybridized carbons (Fsp3) is 0.600. The number of nitrogens with zero attached hydrogens (tertiary/aromatic N) is 1. The summed E-state index contributed by atoms with van der Waals surface area (Å²) in [6, 6.07) is 8.50. The molecule has 0 radical (unpaired) electrons. The zero-order chi connectivity index (χ0) is 13.2. The molecule has 0 saturated carbocycles. The molecule has 1 rings (SSSR count). The van der Waals surface area contributed by atoms with Gasteiger partial charge in [-0.25, -0.2) is 0 Å². The zero-order valence-corrected chi connectivity index (χ0v) is 11.9. The Hall–Kier alpha value is -1.06. The second-order valence-electron chi connectivity index (χ2n) is 4.43. The number of benzene rings is 1. The molecule has 0 atom stereocenters. The van der Waals surface area contributed by atoms with Crippen LogP contribution in [0, 0.1) is 6.92 Å². The highest BCUT2D eigenvalue weighted by Gasteiger charge is 2.01. The van der Waals surface area contributed by atoms with E-state index in [1.165, 1.54) is 11.3 Å². The third-order valence-electron chi connectivity index (χ3n) is 2.98. The third kappa shape index (κ3) is 6.03. The standard InChI is InChI=1S/C15H26N2O/c1-4-17(11-12-18-5-2)10-9-16-15-8-6-7-14(3)13-15/h6-8,13,16H,4-5,9-12H2,1-3H3. The number of rotatable bonds is 9. The van der Waals surface area contributed by atoms with Crippen molar-refractivity contribution in [1.29, 1.82) is 0 Å². The highest BCUT2D eigenvalue weighted by atomic mass is 16.5. The molecule has 0 heterocycles. The van der Waals surface area contributed by atoms with Crippen LogP contribution < -0.4 is 5.32 Å². The Bertz CT molecular complexity index is 328. The van der Waals surface area contributed by atoms with Crippen LogP contribution in [0.15, 0.2) is 24.3 Å². The average molecular weight is 250 g/mol. The predicted molar refractivity (Wildman–Crippen MR) is 78.3 cm³/mol. The van der Waals surface area contributed by atoms with Crippen LogP contribution in [0.5, 0.6) is 0 Å². The minimum Gasteiger partial charge on any atom is -0.384 e. The third-order valence-corrected chi connectivity index (χ3v) is 2.98. The highest BCUT2D eigenvalue weighted by Crippen LogP contribution is 2.08. The molecule has 3 heteroatoms. The fourth-order valence-electron chi connectivity index (χ4n) is 1.88. The molecule has 0 fully saturated rings. The molecule has 0 unspecified atom stereocenters. The Labute approximate surface area is 111 Å². The fourth-order valence-corrected chi connectivity index (χ4v) is 1.88. The summed E-state index contributed by atoms with van der Waals surface area (Å²) in [6.07, 6.45) is 0. The molecular formula is C15H26N2O. The quantitative estimate of drug-likeness (QED) is 0.682. The van der Waals surface area contributed by atoms with Crippen LogP contribution >= 0.6 is 0 Å². The first-order valence-electron chi connectivity index (χ1n) is 6.87. The summed E-state index contributed by atoms with van der Waals surface area (Å²) in [7, 11) is 0. The van der Waals surface area contributed by atoms with Crippen molar-refractivity contribution in [2.75, 3.05) is 44.7 Å². The van der Waals surface area contributed by atoms with E-state index >= 15 is 0 Å². The van der Waals surface area contributed by atoms with E-state index in [-0.39, 0.29) is 0 Å². The lowest BCUT2D eigenvalue weighted by molar-refractivity contribution is 0.117. The van der Waals surface area contributed by atoms with E-state index < -0.39 is 0 Å². The largest absolute Gasteiger partial charge is 0.384 e. The van der Waals surface area contributed by atoms with Gasteiger partial charge >= 0.3 is 0 Å². The molecule has 18 heavy (non-hydrogen) atoms. The molecule has 102 valence electrons. The summed E-state index contributed by atoms with van der Waals surface area (Å²) in [5.41, 5.74) is 2.50. The lowest BCUT2D eigenvalue weighted by Gasteiger charge is -2.20. The van der Waals surface area contributed by atoms with Crippen molar-refractivity contribution in [2.45, 2.75) is 20.8 Å². The van der Waals surface area contributed by atoms with Gasteiger partial charge in [0.25, 0.3) is 0 Å². The number of likely N-dealkylation sites (N-methyl/N-ethyl adjacent to an activating group) is 1. The minimum absolute atomic E-state index is 0.805. The molecule has 0 saturated heterocycles. The van der Waals surface area contributed by atoms with Gasteiger partial charge in [0, 0.05) is 31.9 Å². The van der Waals surface area contributed by atoms with E-state index in [0.717, 1.165) is 39.4 Å². The second kappa shape index (κ2) is 8.95. The molecule has 0 aliphatic carbocycles. The van der Waals surface area contributed by atoms with Crippen LogP contribution in [-0.2, 0) is 4.74 Å². The summed E-state index contributed by atoms with van der Waals surface area (Å²) in [5, 5.41) is 3.46. The number of aryl methyl sites for hydroxylation is 1. The van der Waals surface area contributed by atoms with E-state index in [4.69, 9.17) is 4.74 Å². The number of anilines is 1. The summed E-state index contributed by atoms with van der Waals surface area (Å²) < 4.78 is 5.38. The maximum atomic E-state index is 5.38. The van der Waals surface area contributed by atoms with Crippen LogP contribution in [0.3, 0.4) is 0 Å². The normalized spacial score (nSPS) is 10.9.